The van der Waals surface area contributed by atoms with Crippen LogP contribution in [0.1, 0.15) is 0 Å². The first-order chi connectivity index (χ1) is 1.91. The number of hydrogen-bond donors (Lipinski definition) is 1. The van der Waals surface area contributed by atoms with Crippen LogP contribution in [0.15, 0.2) is 0 Å². The lowest BCUT2D eigenvalue weighted by Gasteiger charge is -1.69. The van der Waals surface area contributed by atoms with Crippen LogP contribution in [0.3, 0.4) is 0 Å². The van der Waals surface area contributed by atoms with Gasteiger partial charge in [0.25, 0.3) is 0 Å². The highest BCUT2D eigenvalue weighted by atomic mass is 32.9. The molecule has 0 N–H and O–H groups in total. The second kappa shape index (κ2) is 4.64. The standard InChI is InChI=1S/H5P3S/c1-2-3-4/h2-4H,1H2. The van der Waals surface area contributed by atoms with Crippen LogP contribution in [0, 0.1) is 0 Å². The average Bonchev–Trinajstić information content (AvgIpc) is 1.37. The monoisotopic (exact) mass is 130 g/mol. The SMILES string of the molecule is PPPS. The Morgan fingerprint density at radius 1 is 1.75 bits per heavy atom. The molecular formula is H5P3S. The maximum Gasteiger partial charge on any atom is -0.0390 e. The minimum atomic E-state index is 0.826. The summed E-state index contributed by atoms with van der Waals surface area (Å²) in [4.78, 5) is 0. The summed E-state index contributed by atoms with van der Waals surface area (Å²) in [5.74, 6) is 0. The van der Waals surface area contributed by atoms with Gasteiger partial charge in [-0.2, -0.15) is 0 Å². The molecule has 0 saturated heterocycles. The summed E-state index contributed by atoms with van der Waals surface area (Å²) in [5, 5.41) is 0. The Morgan fingerprint density at radius 2 is 2.00 bits per heavy atom. The van der Waals surface area contributed by atoms with Crippen LogP contribution in [-0.2, 0) is 0 Å². The lowest BCUT2D eigenvalue weighted by Crippen LogP contribution is -0.790. The fourth-order valence-electron chi connectivity index (χ4n) is 0. The van der Waals surface area contributed by atoms with Crippen LogP contribution >= 0.6 is 36.6 Å². The Kier molecular flexibility index (Phi) is 6.54. The fraction of sp³-hybridized carbons (Fsp3) is 0. The van der Waals surface area contributed by atoms with Crippen molar-refractivity contribution >= 4 is 36.6 Å². The molecule has 0 heterocycles. The molecule has 0 aliphatic carbocycles. The van der Waals surface area contributed by atoms with Crippen LogP contribution in [0.25, 0.3) is 0 Å². The van der Waals surface area contributed by atoms with Crippen molar-refractivity contribution in [2.45, 2.75) is 0 Å². The third-order valence-corrected chi connectivity index (χ3v) is 5.23. The molecule has 0 radical (unpaired) electrons. The zero-order valence-corrected chi connectivity index (χ0v) is 6.07. The number of rotatable bonds is 1. The molecule has 26 valence electrons. The third-order valence-electron chi connectivity index (χ3n) is 0.0645. The van der Waals surface area contributed by atoms with E-state index in [2.05, 4.69) is 21.2 Å². The van der Waals surface area contributed by atoms with Crippen LogP contribution in [0.2, 0.25) is 0 Å². The van der Waals surface area contributed by atoms with E-state index in [1.54, 1.807) is 0 Å². The summed E-state index contributed by atoms with van der Waals surface area (Å²) in [5.41, 5.74) is 0. The molecule has 4 heavy (non-hydrogen) atoms. The molecule has 0 bridgehead atoms. The van der Waals surface area contributed by atoms with E-state index in [4.69, 9.17) is 0 Å². The van der Waals surface area contributed by atoms with Crippen LogP contribution < -0.4 is 0 Å². The summed E-state index contributed by atoms with van der Waals surface area (Å²) in [6.45, 7) is 0. The van der Waals surface area contributed by atoms with Crippen LogP contribution in [0.4, 0.5) is 0 Å². The molecule has 0 aromatic rings. The second-order valence-corrected chi connectivity index (χ2v) is 6.92. The van der Waals surface area contributed by atoms with E-state index in [0.717, 1.165) is 15.4 Å². The van der Waals surface area contributed by atoms with Gasteiger partial charge in [-0.3, -0.25) is 0 Å². The summed E-state index contributed by atoms with van der Waals surface area (Å²) in [6.07, 6.45) is 0. The third kappa shape index (κ3) is 3.64. The highest BCUT2D eigenvalue weighted by molar-refractivity contribution is 8.68. The summed E-state index contributed by atoms with van der Waals surface area (Å²) >= 11 is 3.94. The predicted octanol–water partition coefficient (Wildman–Crippen LogP) is 1.89. The van der Waals surface area contributed by atoms with Crippen LogP contribution in [-0.4, -0.2) is 0 Å². The molecule has 0 saturated carbocycles. The molecule has 0 aromatic carbocycles. The molecule has 0 aromatic heterocycles. The molecule has 0 fully saturated rings. The topological polar surface area (TPSA) is 0 Å². The van der Waals surface area contributed by atoms with E-state index in [1.807, 2.05) is 0 Å². The Morgan fingerprint density at radius 3 is 2.00 bits per heavy atom. The lowest BCUT2D eigenvalue weighted by atomic mass is 29.4. The van der Waals surface area contributed by atoms with E-state index in [-0.39, 0.29) is 0 Å². The summed E-state index contributed by atoms with van der Waals surface area (Å²) in [7, 11) is 4.39. The molecule has 0 aliphatic rings. The Labute approximate surface area is 37.2 Å². The molecule has 0 aliphatic heterocycles. The highest BCUT2D eigenvalue weighted by Crippen LogP contribution is 2.45. The molecule has 0 rings (SSSR count). The molecule has 4 heteroatoms. The van der Waals surface area contributed by atoms with E-state index in [9.17, 15) is 0 Å². The first-order valence-electron chi connectivity index (χ1n) is 0.762. The first-order valence-corrected chi connectivity index (χ1v) is 6.86. The highest BCUT2D eigenvalue weighted by Gasteiger charge is 1.54. The van der Waals surface area contributed by atoms with Crippen molar-refractivity contribution in [3.8, 4) is 0 Å². The van der Waals surface area contributed by atoms with Gasteiger partial charge in [0.1, 0.15) is 0 Å². The quantitative estimate of drug-likeness (QED) is 0.406. The van der Waals surface area contributed by atoms with E-state index >= 15 is 0 Å². The maximum atomic E-state index is 3.94. The number of thiol groups is 1. The van der Waals surface area contributed by atoms with Crippen molar-refractivity contribution in [2.24, 2.45) is 0 Å². The Hall–Kier alpha value is 1.64. The van der Waals surface area contributed by atoms with Crippen LogP contribution in [0.5, 0.6) is 0 Å². The van der Waals surface area contributed by atoms with Crippen molar-refractivity contribution in [3.63, 3.8) is 0 Å². The zero-order valence-electron chi connectivity index (χ0n) is 2.02. The van der Waals surface area contributed by atoms with Gasteiger partial charge in [-0.1, -0.05) is 7.96 Å². The van der Waals surface area contributed by atoms with Crippen molar-refractivity contribution in [1.29, 1.82) is 0 Å². The smallest absolute Gasteiger partial charge is 0.0390 e. The van der Waals surface area contributed by atoms with Gasteiger partial charge in [-0.15, -0.1) is 21.2 Å². The Balaban J connectivity index is 1.97. The molecule has 0 amide bonds. The van der Waals surface area contributed by atoms with Crippen molar-refractivity contribution in [1.82, 2.24) is 0 Å². The molecule has 0 nitrogen and oxygen atoms in total. The second-order valence-electron chi connectivity index (χ2n) is 0.256. The zero-order chi connectivity index (χ0) is 3.41. The minimum Gasteiger partial charge on any atom is -0.150 e. The average molecular weight is 130 g/mol. The fourth-order valence-corrected chi connectivity index (χ4v) is 0. The van der Waals surface area contributed by atoms with E-state index in [0.29, 0.717) is 0 Å². The summed E-state index contributed by atoms with van der Waals surface area (Å²) < 4.78 is 0. The van der Waals surface area contributed by atoms with Gasteiger partial charge < -0.3 is 0 Å². The first kappa shape index (κ1) is 5.64. The van der Waals surface area contributed by atoms with Gasteiger partial charge in [0.15, 0.2) is 0 Å². The number of hydrogen-bond acceptors (Lipinski definition) is 1. The summed E-state index contributed by atoms with van der Waals surface area (Å²) in [6, 6.07) is 0. The van der Waals surface area contributed by atoms with Crippen molar-refractivity contribution < 1.29 is 0 Å². The largest absolute Gasteiger partial charge is 0.150 e. The molecule has 3 atom stereocenters. The molecule has 0 spiro atoms. The van der Waals surface area contributed by atoms with E-state index in [1.165, 1.54) is 0 Å². The van der Waals surface area contributed by atoms with Gasteiger partial charge in [0.05, 0.1) is 0 Å². The normalized spacial score (nSPS) is 13.5. The maximum absolute atomic E-state index is 3.94. The van der Waals surface area contributed by atoms with Crippen molar-refractivity contribution in [3.05, 3.63) is 0 Å². The van der Waals surface area contributed by atoms with Gasteiger partial charge in [0, 0.05) is 0 Å². The van der Waals surface area contributed by atoms with Gasteiger partial charge >= 0.3 is 0 Å². The van der Waals surface area contributed by atoms with Crippen molar-refractivity contribution in [2.75, 3.05) is 0 Å². The van der Waals surface area contributed by atoms with Gasteiger partial charge in [-0.05, 0) is 7.47 Å². The molecule has 3 unspecified atom stereocenters. The van der Waals surface area contributed by atoms with E-state index < -0.39 is 0 Å². The minimum absolute atomic E-state index is 0.826. The predicted molar refractivity (Wildman–Crippen MR) is 35.3 cm³/mol. The van der Waals surface area contributed by atoms with Gasteiger partial charge in [0.2, 0.25) is 0 Å². The Bertz CT molecular complexity index is 5.25. The molecular weight excluding hydrogens is 125 g/mol. The van der Waals surface area contributed by atoms with Gasteiger partial charge in [-0.25, -0.2) is 0 Å². The lowest BCUT2D eigenvalue weighted by molar-refractivity contribution is 5.37.